The first kappa shape index (κ1) is 18.5. The van der Waals surface area contributed by atoms with Gasteiger partial charge < -0.3 is 15.4 Å². The highest BCUT2D eigenvalue weighted by Gasteiger charge is 2.73. The highest BCUT2D eigenvalue weighted by atomic mass is 32.2. The number of halogens is 6. The van der Waals surface area contributed by atoms with Gasteiger partial charge in [0, 0.05) is 12.0 Å². The first-order valence-corrected chi connectivity index (χ1v) is 7.17. The molecule has 0 spiro atoms. The summed E-state index contributed by atoms with van der Waals surface area (Å²) in [5.74, 6) is 0. The molecule has 0 aromatic heterocycles. The second-order valence-electron chi connectivity index (χ2n) is 4.62. The summed E-state index contributed by atoms with van der Waals surface area (Å²) in [5, 5.41) is 5.55. The number of methoxy groups -OCH3 is 1. The summed E-state index contributed by atoms with van der Waals surface area (Å²) < 4.78 is 80.7. The van der Waals surface area contributed by atoms with Gasteiger partial charge in [0.2, 0.25) is 0 Å². The van der Waals surface area contributed by atoms with Crippen molar-refractivity contribution in [3.8, 4) is 0 Å². The standard InChI is InChI=1S/C12H11F6N3O2S/c1-23-10(11(13,14)15,12(16,17)18)21-8(22)20-9-19-6-4-2-3-5-7(6)24-9/h2-5,9,19H,1H3,(H2,20,21,22). The summed E-state index contributed by atoms with van der Waals surface area (Å²) in [6.07, 6.45) is -11.8. The molecule has 1 aliphatic rings. The maximum atomic E-state index is 12.9. The van der Waals surface area contributed by atoms with Gasteiger partial charge in [-0.2, -0.15) is 26.3 Å². The van der Waals surface area contributed by atoms with E-state index in [0.29, 0.717) is 10.6 Å². The highest BCUT2D eigenvalue weighted by molar-refractivity contribution is 8.00. The molecule has 0 saturated carbocycles. The second-order valence-corrected chi connectivity index (χ2v) is 5.76. The molecule has 134 valence electrons. The van der Waals surface area contributed by atoms with Gasteiger partial charge in [-0.05, 0) is 12.1 Å². The predicted molar refractivity (Wildman–Crippen MR) is 73.2 cm³/mol. The van der Waals surface area contributed by atoms with Crippen molar-refractivity contribution in [1.29, 1.82) is 0 Å². The van der Waals surface area contributed by atoms with E-state index in [4.69, 9.17) is 0 Å². The molecule has 1 aromatic carbocycles. The molecule has 1 unspecified atom stereocenters. The molecular weight excluding hydrogens is 364 g/mol. The lowest BCUT2D eigenvalue weighted by Crippen LogP contribution is -2.70. The Hall–Kier alpha value is -1.82. The number of alkyl halides is 6. The predicted octanol–water partition coefficient (Wildman–Crippen LogP) is 3.25. The molecule has 12 heteroatoms. The van der Waals surface area contributed by atoms with Crippen LogP contribution in [0.5, 0.6) is 0 Å². The number of nitrogens with one attached hydrogen (secondary N) is 3. The number of amides is 2. The van der Waals surface area contributed by atoms with Crippen LogP contribution in [0.1, 0.15) is 0 Å². The van der Waals surface area contributed by atoms with Gasteiger partial charge in [0.1, 0.15) is 0 Å². The number of thioether (sulfide) groups is 1. The smallest absolute Gasteiger partial charge is 0.356 e. The molecule has 0 bridgehead atoms. The van der Waals surface area contributed by atoms with Crippen molar-refractivity contribution in [2.75, 3.05) is 12.4 Å². The minimum absolute atomic E-state index is 0.208. The quantitative estimate of drug-likeness (QED) is 0.561. The monoisotopic (exact) mass is 375 g/mol. The summed E-state index contributed by atoms with van der Waals surface area (Å²) in [6, 6.07) is 5.01. The Morgan fingerprint density at radius 2 is 1.75 bits per heavy atom. The molecule has 1 atom stereocenters. The first-order chi connectivity index (χ1) is 11.0. The number of fused-ring (bicyclic) bond motifs is 1. The van der Waals surface area contributed by atoms with Crippen molar-refractivity contribution < 1.29 is 35.9 Å². The number of benzene rings is 1. The molecule has 0 fully saturated rings. The fourth-order valence-electron chi connectivity index (χ4n) is 1.95. The van der Waals surface area contributed by atoms with E-state index < -0.39 is 29.6 Å². The average Bonchev–Trinajstić information content (AvgIpc) is 2.83. The third kappa shape index (κ3) is 3.34. The third-order valence-corrected chi connectivity index (χ3v) is 4.16. The number of ether oxygens (including phenoxy) is 1. The summed E-state index contributed by atoms with van der Waals surface area (Å²) >= 11 is 1.03. The number of urea groups is 1. The minimum Gasteiger partial charge on any atom is -0.356 e. The highest BCUT2D eigenvalue weighted by Crippen LogP contribution is 2.43. The zero-order chi connectivity index (χ0) is 18.2. The van der Waals surface area contributed by atoms with Crippen LogP contribution < -0.4 is 16.0 Å². The Morgan fingerprint density at radius 3 is 2.25 bits per heavy atom. The first-order valence-electron chi connectivity index (χ1n) is 6.29. The summed E-state index contributed by atoms with van der Waals surface area (Å²) in [6.45, 7) is 0. The molecule has 1 heterocycles. The zero-order valence-electron chi connectivity index (χ0n) is 11.9. The molecule has 2 rings (SSSR count). The fraction of sp³-hybridized carbons (Fsp3) is 0.417. The van der Waals surface area contributed by atoms with Gasteiger partial charge >= 0.3 is 24.1 Å². The van der Waals surface area contributed by atoms with Gasteiger partial charge in [0.25, 0.3) is 0 Å². The van der Waals surface area contributed by atoms with E-state index in [0.717, 1.165) is 17.1 Å². The molecule has 1 aromatic rings. The van der Waals surface area contributed by atoms with Gasteiger partial charge in [-0.15, -0.1) is 0 Å². The SMILES string of the molecule is COC(NC(=O)NC1Nc2ccccc2S1)(C(F)(F)F)C(F)(F)F. The largest absolute Gasteiger partial charge is 0.446 e. The summed E-state index contributed by atoms with van der Waals surface area (Å²) in [4.78, 5) is 12.3. The number of carbonyl (C=O) groups is 1. The fourth-order valence-corrected chi connectivity index (χ4v) is 2.97. The Balaban J connectivity index is 2.10. The molecule has 5 nitrogen and oxygen atoms in total. The molecule has 24 heavy (non-hydrogen) atoms. The van der Waals surface area contributed by atoms with Gasteiger partial charge in [-0.1, -0.05) is 23.9 Å². The van der Waals surface area contributed by atoms with E-state index in [1.807, 2.05) is 5.32 Å². The third-order valence-electron chi connectivity index (χ3n) is 3.07. The van der Waals surface area contributed by atoms with Crippen LogP contribution in [0.4, 0.5) is 36.8 Å². The van der Waals surface area contributed by atoms with Crippen molar-refractivity contribution >= 4 is 23.5 Å². The number of para-hydroxylation sites is 1. The molecule has 1 aliphatic heterocycles. The van der Waals surface area contributed by atoms with Crippen molar-refractivity contribution in [3.63, 3.8) is 0 Å². The molecular formula is C12H11F6N3O2S. The lowest BCUT2D eigenvalue weighted by molar-refractivity contribution is -0.381. The maximum absolute atomic E-state index is 12.9. The maximum Gasteiger partial charge on any atom is 0.446 e. The van der Waals surface area contributed by atoms with E-state index in [-0.39, 0.29) is 7.11 Å². The number of rotatable bonds is 3. The van der Waals surface area contributed by atoms with Crippen LogP contribution in [0.3, 0.4) is 0 Å². The molecule has 0 radical (unpaired) electrons. The molecule has 3 N–H and O–H groups in total. The van der Waals surface area contributed by atoms with Crippen LogP contribution in [-0.2, 0) is 4.74 Å². The van der Waals surface area contributed by atoms with Crippen LogP contribution in [0, 0.1) is 0 Å². The lowest BCUT2D eigenvalue weighted by Gasteiger charge is -2.36. The van der Waals surface area contributed by atoms with Gasteiger partial charge in [-0.25, -0.2) is 4.79 Å². The molecule has 2 amide bonds. The zero-order valence-corrected chi connectivity index (χ0v) is 12.7. The van der Waals surface area contributed by atoms with Gasteiger partial charge in [-0.3, -0.25) is 5.32 Å². The van der Waals surface area contributed by atoms with Crippen molar-refractivity contribution in [3.05, 3.63) is 24.3 Å². The van der Waals surface area contributed by atoms with Crippen LogP contribution in [0.25, 0.3) is 0 Å². The number of hydrogen-bond acceptors (Lipinski definition) is 4. The van der Waals surface area contributed by atoms with Gasteiger partial charge in [0.15, 0.2) is 5.50 Å². The summed E-state index contributed by atoms with van der Waals surface area (Å²) in [7, 11) is 0.208. The lowest BCUT2D eigenvalue weighted by atomic mass is 10.2. The van der Waals surface area contributed by atoms with Crippen LogP contribution in [-0.4, -0.2) is 36.7 Å². The Bertz CT molecular complexity index is 583. The number of carbonyl (C=O) groups excluding carboxylic acids is 1. The minimum atomic E-state index is -5.91. The van der Waals surface area contributed by atoms with E-state index >= 15 is 0 Å². The molecule has 0 aliphatic carbocycles. The van der Waals surface area contributed by atoms with E-state index in [9.17, 15) is 31.1 Å². The average molecular weight is 375 g/mol. The number of anilines is 1. The van der Waals surface area contributed by atoms with Crippen molar-refractivity contribution in [1.82, 2.24) is 10.6 Å². The Kier molecular flexibility index (Phi) is 4.81. The van der Waals surface area contributed by atoms with E-state index in [2.05, 4.69) is 10.1 Å². The van der Waals surface area contributed by atoms with Crippen molar-refractivity contribution in [2.45, 2.75) is 28.5 Å². The number of hydrogen-bond donors (Lipinski definition) is 3. The van der Waals surface area contributed by atoms with Gasteiger partial charge in [0.05, 0.1) is 5.69 Å². The van der Waals surface area contributed by atoms with Crippen LogP contribution >= 0.6 is 11.8 Å². The van der Waals surface area contributed by atoms with E-state index in [1.54, 1.807) is 24.3 Å². The topological polar surface area (TPSA) is 62.4 Å². The van der Waals surface area contributed by atoms with Crippen LogP contribution in [0.2, 0.25) is 0 Å². The molecule has 0 saturated heterocycles. The van der Waals surface area contributed by atoms with E-state index in [1.165, 1.54) is 0 Å². The Labute approximate surface area is 136 Å². The second kappa shape index (κ2) is 6.24. The van der Waals surface area contributed by atoms with Crippen LogP contribution in [0.15, 0.2) is 29.2 Å². The summed E-state index contributed by atoms with van der Waals surface area (Å²) in [5.41, 5.74) is -5.14. The normalized spacial score (nSPS) is 17.9. The van der Waals surface area contributed by atoms with Crippen molar-refractivity contribution in [2.24, 2.45) is 0 Å². The Morgan fingerprint density at radius 1 is 1.17 bits per heavy atom.